The van der Waals surface area contributed by atoms with Crippen molar-refractivity contribution in [3.05, 3.63) is 29.8 Å². The average Bonchev–Trinajstić information content (AvgIpc) is 2.31. The van der Waals surface area contributed by atoms with E-state index >= 15 is 0 Å². The Balaban J connectivity index is 2.40. The Morgan fingerprint density at radius 1 is 1.28 bits per heavy atom. The van der Waals surface area contributed by atoms with Crippen LogP contribution >= 0.6 is 0 Å². The minimum absolute atomic E-state index is 0.0302. The standard InChI is InChI=1S/C15H24N2O/c1-4-5-10-16-12(2)11-14-6-8-15(9-7-14)17-13(3)18/h6-9,12,16H,4-5,10-11H2,1-3H3,(H,17,18). The largest absolute Gasteiger partial charge is 0.326 e. The van der Waals surface area contributed by atoms with Crippen molar-refractivity contribution in [3.8, 4) is 0 Å². The van der Waals surface area contributed by atoms with E-state index in [2.05, 4.69) is 36.6 Å². The molecule has 0 aliphatic heterocycles. The average molecular weight is 248 g/mol. The first kappa shape index (κ1) is 14.7. The normalized spacial score (nSPS) is 12.2. The molecule has 1 aromatic rings. The molecule has 3 heteroatoms. The van der Waals surface area contributed by atoms with Crippen molar-refractivity contribution in [3.63, 3.8) is 0 Å². The summed E-state index contributed by atoms with van der Waals surface area (Å²) >= 11 is 0. The molecule has 18 heavy (non-hydrogen) atoms. The summed E-state index contributed by atoms with van der Waals surface area (Å²) in [5.41, 5.74) is 2.15. The molecule has 2 N–H and O–H groups in total. The van der Waals surface area contributed by atoms with E-state index < -0.39 is 0 Å². The van der Waals surface area contributed by atoms with Gasteiger partial charge in [0.15, 0.2) is 0 Å². The van der Waals surface area contributed by atoms with Crippen molar-refractivity contribution < 1.29 is 4.79 Å². The van der Waals surface area contributed by atoms with Crippen LogP contribution < -0.4 is 10.6 Å². The highest BCUT2D eigenvalue weighted by molar-refractivity contribution is 5.88. The number of carbonyl (C=O) groups is 1. The van der Waals surface area contributed by atoms with Crippen LogP contribution in [0.2, 0.25) is 0 Å². The van der Waals surface area contributed by atoms with Crippen LogP contribution in [0, 0.1) is 0 Å². The highest BCUT2D eigenvalue weighted by Crippen LogP contribution is 2.11. The van der Waals surface area contributed by atoms with Gasteiger partial charge in [-0.05, 0) is 44.0 Å². The van der Waals surface area contributed by atoms with E-state index in [-0.39, 0.29) is 5.91 Å². The molecular formula is C15H24N2O. The fourth-order valence-electron chi connectivity index (χ4n) is 1.88. The van der Waals surface area contributed by atoms with Crippen LogP contribution in [0.1, 0.15) is 39.2 Å². The van der Waals surface area contributed by atoms with E-state index in [0.717, 1.165) is 18.7 Å². The summed E-state index contributed by atoms with van der Waals surface area (Å²) in [6.45, 7) is 7.01. The van der Waals surface area contributed by atoms with Gasteiger partial charge in [0, 0.05) is 18.7 Å². The second-order valence-corrected chi connectivity index (χ2v) is 4.79. The first-order valence-electron chi connectivity index (χ1n) is 6.71. The lowest BCUT2D eigenvalue weighted by Gasteiger charge is -2.13. The number of amides is 1. The predicted molar refractivity (Wildman–Crippen MR) is 76.8 cm³/mol. The monoisotopic (exact) mass is 248 g/mol. The number of hydrogen-bond acceptors (Lipinski definition) is 2. The van der Waals surface area contributed by atoms with Crippen molar-refractivity contribution in [2.75, 3.05) is 11.9 Å². The van der Waals surface area contributed by atoms with Gasteiger partial charge in [-0.15, -0.1) is 0 Å². The third kappa shape index (κ3) is 5.82. The lowest BCUT2D eigenvalue weighted by Crippen LogP contribution is -2.28. The Morgan fingerprint density at radius 2 is 1.94 bits per heavy atom. The van der Waals surface area contributed by atoms with Crippen LogP contribution in [0.4, 0.5) is 5.69 Å². The molecule has 0 aliphatic rings. The minimum atomic E-state index is -0.0302. The summed E-state index contributed by atoms with van der Waals surface area (Å²) in [6.07, 6.45) is 3.47. The predicted octanol–water partition coefficient (Wildman–Crippen LogP) is 2.97. The minimum Gasteiger partial charge on any atom is -0.326 e. The molecule has 0 aliphatic carbocycles. The first-order chi connectivity index (χ1) is 8.61. The van der Waals surface area contributed by atoms with Gasteiger partial charge >= 0.3 is 0 Å². The van der Waals surface area contributed by atoms with Crippen molar-refractivity contribution >= 4 is 11.6 Å². The Morgan fingerprint density at radius 3 is 2.50 bits per heavy atom. The summed E-state index contributed by atoms with van der Waals surface area (Å²) in [5.74, 6) is -0.0302. The molecule has 1 atom stereocenters. The highest BCUT2D eigenvalue weighted by Gasteiger charge is 2.03. The van der Waals surface area contributed by atoms with Gasteiger partial charge in [-0.3, -0.25) is 4.79 Å². The van der Waals surface area contributed by atoms with E-state index in [0.29, 0.717) is 6.04 Å². The molecule has 1 rings (SSSR count). The third-order valence-corrected chi connectivity index (χ3v) is 2.84. The zero-order valence-corrected chi connectivity index (χ0v) is 11.6. The molecule has 1 unspecified atom stereocenters. The number of unbranched alkanes of at least 4 members (excludes halogenated alkanes) is 1. The van der Waals surface area contributed by atoms with Gasteiger partial charge in [-0.1, -0.05) is 25.5 Å². The summed E-state index contributed by atoms with van der Waals surface area (Å²) in [6, 6.07) is 8.54. The maximum absolute atomic E-state index is 10.9. The lowest BCUT2D eigenvalue weighted by atomic mass is 10.1. The maximum Gasteiger partial charge on any atom is 0.221 e. The van der Waals surface area contributed by atoms with Gasteiger partial charge in [0.25, 0.3) is 0 Å². The third-order valence-electron chi connectivity index (χ3n) is 2.84. The fraction of sp³-hybridized carbons (Fsp3) is 0.533. The van der Waals surface area contributed by atoms with E-state index in [1.165, 1.54) is 25.3 Å². The Labute approximate surface area is 110 Å². The molecule has 0 aromatic heterocycles. The van der Waals surface area contributed by atoms with Gasteiger partial charge < -0.3 is 10.6 Å². The SMILES string of the molecule is CCCCNC(C)Cc1ccc(NC(C)=O)cc1. The number of hydrogen-bond donors (Lipinski definition) is 2. The van der Waals surface area contributed by atoms with Gasteiger partial charge in [0.1, 0.15) is 0 Å². The van der Waals surface area contributed by atoms with Crippen molar-refractivity contribution in [2.45, 2.75) is 46.1 Å². The molecule has 0 saturated heterocycles. The van der Waals surface area contributed by atoms with Crippen LogP contribution in [0.15, 0.2) is 24.3 Å². The first-order valence-corrected chi connectivity index (χ1v) is 6.71. The zero-order chi connectivity index (χ0) is 13.4. The summed E-state index contributed by atoms with van der Waals surface area (Å²) in [5, 5.41) is 6.28. The van der Waals surface area contributed by atoms with E-state index in [9.17, 15) is 4.79 Å². The van der Waals surface area contributed by atoms with E-state index in [1.54, 1.807) is 0 Å². The highest BCUT2D eigenvalue weighted by atomic mass is 16.1. The molecule has 0 spiro atoms. The lowest BCUT2D eigenvalue weighted by molar-refractivity contribution is -0.114. The number of carbonyl (C=O) groups excluding carboxylic acids is 1. The topological polar surface area (TPSA) is 41.1 Å². The van der Waals surface area contributed by atoms with Gasteiger partial charge in [-0.25, -0.2) is 0 Å². The molecule has 100 valence electrons. The second-order valence-electron chi connectivity index (χ2n) is 4.79. The van der Waals surface area contributed by atoms with Crippen LogP contribution in [-0.4, -0.2) is 18.5 Å². The molecule has 0 radical (unpaired) electrons. The van der Waals surface area contributed by atoms with Crippen LogP contribution in [0.3, 0.4) is 0 Å². The number of anilines is 1. The van der Waals surface area contributed by atoms with E-state index in [4.69, 9.17) is 0 Å². The Kier molecular flexibility index (Phi) is 6.44. The summed E-state index contributed by atoms with van der Waals surface area (Å²) in [4.78, 5) is 10.9. The fourth-order valence-corrected chi connectivity index (χ4v) is 1.88. The van der Waals surface area contributed by atoms with Crippen molar-refractivity contribution in [2.24, 2.45) is 0 Å². The van der Waals surface area contributed by atoms with Crippen LogP contribution in [0.5, 0.6) is 0 Å². The molecule has 0 saturated carbocycles. The maximum atomic E-state index is 10.9. The summed E-state index contributed by atoms with van der Waals surface area (Å²) in [7, 11) is 0. The Hall–Kier alpha value is -1.35. The smallest absolute Gasteiger partial charge is 0.221 e. The zero-order valence-electron chi connectivity index (χ0n) is 11.6. The van der Waals surface area contributed by atoms with Gasteiger partial charge in [0.2, 0.25) is 5.91 Å². The number of benzene rings is 1. The Bertz CT molecular complexity index is 359. The van der Waals surface area contributed by atoms with Crippen LogP contribution in [-0.2, 0) is 11.2 Å². The molecular weight excluding hydrogens is 224 g/mol. The molecule has 0 fully saturated rings. The molecule has 1 aromatic carbocycles. The molecule has 0 bridgehead atoms. The van der Waals surface area contributed by atoms with Gasteiger partial charge in [0.05, 0.1) is 0 Å². The van der Waals surface area contributed by atoms with Crippen LogP contribution in [0.25, 0.3) is 0 Å². The number of nitrogens with one attached hydrogen (secondary N) is 2. The summed E-state index contributed by atoms with van der Waals surface area (Å²) < 4.78 is 0. The molecule has 1 amide bonds. The van der Waals surface area contributed by atoms with E-state index in [1.807, 2.05) is 12.1 Å². The quantitative estimate of drug-likeness (QED) is 0.728. The number of rotatable bonds is 7. The van der Waals surface area contributed by atoms with Crippen molar-refractivity contribution in [1.82, 2.24) is 5.32 Å². The molecule has 0 heterocycles. The molecule has 3 nitrogen and oxygen atoms in total. The second kappa shape index (κ2) is 7.88. The van der Waals surface area contributed by atoms with Crippen molar-refractivity contribution in [1.29, 1.82) is 0 Å². The van der Waals surface area contributed by atoms with Gasteiger partial charge in [-0.2, -0.15) is 0 Å².